The summed E-state index contributed by atoms with van der Waals surface area (Å²) in [5.41, 5.74) is -0.434. The van der Waals surface area contributed by atoms with Crippen LogP contribution in [0.5, 0.6) is 11.5 Å². The van der Waals surface area contributed by atoms with E-state index in [4.69, 9.17) is 4.74 Å². The van der Waals surface area contributed by atoms with Crippen LogP contribution in [0.3, 0.4) is 0 Å². The molecule has 3 rings (SSSR count). The van der Waals surface area contributed by atoms with Gasteiger partial charge >= 0.3 is 12.3 Å². The second-order valence-electron chi connectivity index (χ2n) is 7.80. The Morgan fingerprint density at radius 1 is 0.882 bits per heavy atom. The first-order valence-electron chi connectivity index (χ1n) is 10.8. The van der Waals surface area contributed by atoms with Crippen LogP contribution in [0, 0.1) is 17.5 Å². The molecule has 0 spiro atoms. The van der Waals surface area contributed by atoms with Crippen molar-refractivity contribution in [3.8, 4) is 11.5 Å². The molecule has 0 unspecified atom stereocenters. The third-order valence-electron chi connectivity index (χ3n) is 5.20. The lowest BCUT2D eigenvalue weighted by Crippen LogP contribution is -2.18. The molecule has 0 radical (unpaired) electrons. The van der Waals surface area contributed by atoms with E-state index in [1.165, 1.54) is 0 Å². The molecule has 3 aromatic rings. The first kappa shape index (κ1) is 25.4. The van der Waals surface area contributed by atoms with Gasteiger partial charge in [-0.05, 0) is 60.2 Å². The fourth-order valence-electron chi connectivity index (χ4n) is 3.57. The highest BCUT2D eigenvalue weighted by Crippen LogP contribution is 2.32. The second kappa shape index (κ2) is 10.8. The fourth-order valence-corrected chi connectivity index (χ4v) is 3.57. The molecule has 0 saturated carbocycles. The van der Waals surface area contributed by atoms with Crippen molar-refractivity contribution in [1.82, 2.24) is 0 Å². The summed E-state index contributed by atoms with van der Waals surface area (Å²) in [4.78, 5) is 12.4. The number of aryl methyl sites for hydroxylation is 1. The van der Waals surface area contributed by atoms with Crippen LogP contribution in [0.25, 0.3) is 10.8 Å². The molecular weight excluding hydrogens is 462 g/mol. The predicted octanol–water partition coefficient (Wildman–Crippen LogP) is 7.89. The van der Waals surface area contributed by atoms with Gasteiger partial charge in [0.15, 0.2) is 11.6 Å². The molecular formula is C25H22F6O3. The van der Waals surface area contributed by atoms with Crippen molar-refractivity contribution in [2.45, 2.75) is 51.8 Å². The zero-order valence-corrected chi connectivity index (χ0v) is 18.3. The van der Waals surface area contributed by atoms with Gasteiger partial charge in [0.2, 0.25) is 0 Å². The normalized spacial score (nSPS) is 11.6. The van der Waals surface area contributed by atoms with Crippen molar-refractivity contribution in [2.75, 3.05) is 0 Å². The second-order valence-corrected chi connectivity index (χ2v) is 7.80. The Morgan fingerprint density at radius 2 is 1.56 bits per heavy atom. The number of hydrogen-bond donors (Lipinski definition) is 0. The fraction of sp³-hybridized carbons (Fsp3) is 0.320. The molecule has 3 nitrogen and oxygen atoms in total. The molecule has 0 bridgehead atoms. The Morgan fingerprint density at radius 3 is 2.21 bits per heavy atom. The van der Waals surface area contributed by atoms with Crippen LogP contribution in [0.4, 0.5) is 26.3 Å². The molecule has 0 amide bonds. The molecule has 0 fully saturated rings. The Bertz CT molecular complexity index is 1150. The predicted molar refractivity (Wildman–Crippen MR) is 114 cm³/mol. The maximum atomic E-state index is 14.5. The quantitative estimate of drug-likeness (QED) is 0.134. The van der Waals surface area contributed by atoms with Gasteiger partial charge in [-0.3, -0.25) is 0 Å². The van der Waals surface area contributed by atoms with E-state index in [9.17, 15) is 31.1 Å². The van der Waals surface area contributed by atoms with Gasteiger partial charge in [-0.1, -0.05) is 38.7 Å². The third-order valence-corrected chi connectivity index (χ3v) is 5.20. The number of carbonyl (C=O) groups excluding carboxylic acids is 1. The van der Waals surface area contributed by atoms with Crippen molar-refractivity contribution in [3.05, 3.63) is 71.0 Å². The van der Waals surface area contributed by atoms with E-state index in [1.807, 2.05) is 0 Å². The van der Waals surface area contributed by atoms with Crippen molar-refractivity contribution in [2.24, 2.45) is 0 Å². The number of fused-ring (bicyclic) bond motifs is 1. The van der Waals surface area contributed by atoms with Crippen molar-refractivity contribution < 1.29 is 40.6 Å². The molecule has 34 heavy (non-hydrogen) atoms. The molecule has 182 valence electrons. The maximum absolute atomic E-state index is 14.5. The van der Waals surface area contributed by atoms with Crippen LogP contribution in [-0.4, -0.2) is 12.3 Å². The molecule has 3 aromatic carbocycles. The lowest BCUT2D eigenvalue weighted by Gasteiger charge is -2.12. The number of ether oxygens (including phenoxy) is 2. The first-order chi connectivity index (χ1) is 16.1. The van der Waals surface area contributed by atoms with Gasteiger partial charge in [-0.15, -0.1) is 13.2 Å². The van der Waals surface area contributed by atoms with E-state index in [-0.39, 0.29) is 16.5 Å². The first-order valence-corrected chi connectivity index (χ1v) is 10.8. The van der Waals surface area contributed by atoms with Crippen LogP contribution < -0.4 is 9.47 Å². The van der Waals surface area contributed by atoms with E-state index in [2.05, 4.69) is 11.7 Å². The summed E-state index contributed by atoms with van der Waals surface area (Å²) in [5.74, 6) is -5.85. The average Bonchev–Trinajstić information content (AvgIpc) is 2.74. The van der Waals surface area contributed by atoms with Crippen LogP contribution in [0.15, 0.2) is 42.5 Å². The third kappa shape index (κ3) is 6.42. The van der Waals surface area contributed by atoms with E-state index < -0.39 is 41.1 Å². The zero-order chi connectivity index (χ0) is 24.9. The summed E-state index contributed by atoms with van der Waals surface area (Å²) in [6.45, 7) is 2.09. The summed E-state index contributed by atoms with van der Waals surface area (Å²) in [5, 5.41) is -0.126. The summed E-state index contributed by atoms with van der Waals surface area (Å²) >= 11 is 0. The SMILES string of the molecule is CCCCCCCc1cc(F)c(C(=O)Oc2ccc3c(F)c(OC(F)(F)F)ccc3c2)c(F)c1. The van der Waals surface area contributed by atoms with E-state index in [0.717, 1.165) is 74.6 Å². The monoisotopic (exact) mass is 484 g/mol. The number of rotatable bonds is 9. The van der Waals surface area contributed by atoms with E-state index in [0.29, 0.717) is 12.0 Å². The molecule has 0 atom stereocenters. The molecule has 0 aliphatic rings. The van der Waals surface area contributed by atoms with Gasteiger partial charge in [-0.2, -0.15) is 0 Å². The number of alkyl halides is 3. The van der Waals surface area contributed by atoms with Crippen LogP contribution in [0.1, 0.15) is 54.9 Å². The number of esters is 1. The highest BCUT2D eigenvalue weighted by Gasteiger charge is 2.32. The Hall–Kier alpha value is -3.23. The van der Waals surface area contributed by atoms with E-state index in [1.54, 1.807) is 0 Å². The topological polar surface area (TPSA) is 35.5 Å². The number of hydrogen-bond acceptors (Lipinski definition) is 3. The van der Waals surface area contributed by atoms with Gasteiger partial charge in [0, 0.05) is 5.39 Å². The van der Waals surface area contributed by atoms with Crippen molar-refractivity contribution >= 4 is 16.7 Å². The van der Waals surface area contributed by atoms with Crippen LogP contribution in [-0.2, 0) is 6.42 Å². The van der Waals surface area contributed by atoms with Crippen LogP contribution >= 0.6 is 0 Å². The minimum atomic E-state index is -5.07. The molecule has 9 heteroatoms. The van der Waals surface area contributed by atoms with E-state index >= 15 is 0 Å². The molecule has 0 heterocycles. The minimum absolute atomic E-state index is 0.0942. The summed E-state index contributed by atoms with van der Waals surface area (Å²) < 4.78 is 89.1. The smallest absolute Gasteiger partial charge is 0.423 e. The summed E-state index contributed by atoms with van der Waals surface area (Å²) in [6.07, 6.45) is 0.334. The largest absolute Gasteiger partial charge is 0.573 e. The number of benzene rings is 3. The van der Waals surface area contributed by atoms with Crippen LogP contribution in [0.2, 0.25) is 0 Å². The molecule has 0 aromatic heterocycles. The van der Waals surface area contributed by atoms with Gasteiger partial charge < -0.3 is 9.47 Å². The number of halogens is 6. The Kier molecular flexibility index (Phi) is 8.06. The number of carbonyl (C=O) groups is 1. The Labute approximate surface area is 192 Å². The molecule has 0 saturated heterocycles. The van der Waals surface area contributed by atoms with Crippen molar-refractivity contribution in [1.29, 1.82) is 0 Å². The van der Waals surface area contributed by atoms with Gasteiger partial charge in [-0.25, -0.2) is 18.0 Å². The summed E-state index contributed by atoms with van der Waals surface area (Å²) in [6, 6.07) is 7.43. The molecule has 0 aliphatic carbocycles. The highest BCUT2D eigenvalue weighted by atomic mass is 19.4. The van der Waals surface area contributed by atoms with Crippen molar-refractivity contribution in [3.63, 3.8) is 0 Å². The lowest BCUT2D eigenvalue weighted by molar-refractivity contribution is -0.275. The zero-order valence-electron chi connectivity index (χ0n) is 18.3. The highest BCUT2D eigenvalue weighted by molar-refractivity contribution is 5.93. The Balaban J connectivity index is 1.74. The summed E-state index contributed by atoms with van der Waals surface area (Å²) in [7, 11) is 0. The average molecular weight is 484 g/mol. The minimum Gasteiger partial charge on any atom is -0.423 e. The van der Waals surface area contributed by atoms with Gasteiger partial charge in [0.1, 0.15) is 22.9 Å². The number of unbranched alkanes of at least 4 members (excludes halogenated alkanes) is 4. The van der Waals surface area contributed by atoms with Gasteiger partial charge in [0.25, 0.3) is 0 Å². The lowest BCUT2D eigenvalue weighted by atomic mass is 10.0. The maximum Gasteiger partial charge on any atom is 0.573 e. The molecule has 0 N–H and O–H groups in total. The standard InChI is InChI=1S/C25H22F6O3/c1-2-3-4-5-6-7-15-12-19(26)22(20(27)13-15)24(32)33-17-9-10-18-16(14-17)8-11-21(23(18)28)34-25(29,30)31/h8-14H,2-7H2,1H3. The van der Waals surface area contributed by atoms with Gasteiger partial charge in [0.05, 0.1) is 0 Å². The molecule has 0 aliphatic heterocycles.